The van der Waals surface area contributed by atoms with Crippen molar-refractivity contribution in [1.82, 2.24) is 5.32 Å². The first-order valence-electron chi connectivity index (χ1n) is 7.06. The molecule has 1 aromatic carbocycles. The zero-order valence-corrected chi connectivity index (χ0v) is 11.7. The van der Waals surface area contributed by atoms with E-state index >= 15 is 0 Å². The van der Waals surface area contributed by atoms with Crippen molar-refractivity contribution in [2.45, 2.75) is 39.2 Å². The van der Waals surface area contributed by atoms with Crippen LogP contribution < -0.4 is 10.2 Å². The van der Waals surface area contributed by atoms with Gasteiger partial charge in [-0.3, -0.25) is 0 Å². The zero-order chi connectivity index (χ0) is 13.8. The first-order valence-corrected chi connectivity index (χ1v) is 7.06. The van der Waals surface area contributed by atoms with Gasteiger partial charge in [-0.2, -0.15) is 0 Å². The first-order chi connectivity index (χ1) is 9.13. The van der Waals surface area contributed by atoms with Crippen LogP contribution in [0.1, 0.15) is 31.7 Å². The Morgan fingerprint density at radius 2 is 2.16 bits per heavy atom. The van der Waals surface area contributed by atoms with Crippen LogP contribution in [-0.2, 0) is 0 Å². The van der Waals surface area contributed by atoms with Crippen molar-refractivity contribution >= 4 is 5.69 Å². The van der Waals surface area contributed by atoms with Gasteiger partial charge in [0.2, 0.25) is 0 Å². The molecule has 1 aliphatic rings. The van der Waals surface area contributed by atoms with Crippen molar-refractivity contribution in [3.63, 3.8) is 0 Å². The Morgan fingerprint density at radius 1 is 1.37 bits per heavy atom. The molecule has 2 nitrogen and oxygen atoms in total. The summed E-state index contributed by atoms with van der Waals surface area (Å²) in [5, 5.41) is 3.44. The molecule has 1 aromatic rings. The largest absolute Gasteiger partial charge is 0.365 e. The second-order valence-corrected chi connectivity index (χ2v) is 5.27. The van der Waals surface area contributed by atoms with E-state index in [1.807, 2.05) is 4.90 Å². The van der Waals surface area contributed by atoms with E-state index in [2.05, 4.69) is 12.2 Å². The van der Waals surface area contributed by atoms with E-state index in [9.17, 15) is 8.78 Å². The molecule has 0 spiro atoms. The van der Waals surface area contributed by atoms with Crippen LogP contribution in [0.4, 0.5) is 14.5 Å². The third-order valence-electron chi connectivity index (χ3n) is 3.68. The van der Waals surface area contributed by atoms with Gasteiger partial charge in [-0.15, -0.1) is 0 Å². The summed E-state index contributed by atoms with van der Waals surface area (Å²) in [6, 6.07) is 3.18. The molecule has 1 fully saturated rings. The Labute approximate surface area is 113 Å². The number of anilines is 1. The molecule has 0 bridgehead atoms. The minimum atomic E-state index is -0.459. The van der Waals surface area contributed by atoms with Crippen molar-refractivity contribution < 1.29 is 8.78 Å². The molecule has 4 heteroatoms. The fraction of sp³-hybridized carbons (Fsp3) is 0.600. The quantitative estimate of drug-likeness (QED) is 0.902. The van der Waals surface area contributed by atoms with E-state index in [1.165, 1.54) is 12.1 Å². The van der Waals surface area contributed by atoms with Gasteiger partial charge in [-0.1, -0.05) is 13.0 Å². The highest BCUT2D eigenvalue weighted by molar-refractivity contribution is 5.52. The number of nitrogens with one attached hydrogen (secondary N) is 1. The molecule has 0 aromatic heterocycles. The molecule has 2 rings (SSSR count). The lowest BCUT2D eigenvalue weighted by Crippen LogP contribution is -2.46. The van der Waals surface area contributed by atoms with Crippen molar-refractivity contribution in [2.75, 3.05) is 24.5 Å². The summed E-state index contributed by atoms with van der Waals surface area (Å²) in [6.07, 6.45) is 3.11. The minimum absolute atomic E-state index is 0.142. The molecule has 1 unspecified atom stereocenters. The summed E-state index contributed by atoms with van der Waals surface area (Å²) < 4.78 is 28.0. The molecule has 1 atom stereocenters. The molecule has 19 heavy (non-hydrogen) atoms. The van der Waals surface area contributed by atoms with Crippen LogP contribution in [0.2, 0.25) is 0 Å². The predicted molar refractivity (Wildman–Crippen MR) is 74.6 cm³/mol. The van der Waals surface area contributed by atoms with Gasteiger partial charge in [0, 0.05) is 19.1 Å². The Morgan fingerprint density at radius 3 is 2.89 bits per heavy atom. The summed E-state index contributed by atoms with van der Waals surface area (Å²) in [5.41, 5.74) is 0.642. The van der Waals surface area contributed by atoms with E-state index < -0.39 is 11.6 Å². The second-order valence-electron chi connectivity index (χ2n) is 5.27. The third kappa shape index (κ3) is 3.24. The van der Waals surface area contributed by atoms with Gasteiger partial charge < -0.3 is 10.2 Å². The molecular weight excluding hydrogens is 246 g/mol. The molecule has 1 N–H and O–H groups in total. The van der Waals surface area contributed by atoms with Crippen LogP contribution in [0, 0.1) is 18.6 Å². The maximum absolute atomic E-state index is 14.1. The van der Waals surface area contributed by atoms with Gasteiger partial charge in [-0.05, 0) is 44.4 Å². The molecule has 1 saturated heterocycles. The summed E-state index contributed by atoms with van der Waals surface area (Å²) >= 11 is 0. The van der Waals surface area contributed by atoms with Gasteiger partial charge in [0.25, 0.3) is 0 Å². The highest BCUT2D eigenvalue weighted by Gasteiger charge is 2.24. The first kappa shape index (κ1) is 14.3. The molecule has 0 aliphatic carbocycles. The van der Waals surface area contributed by atoms with Crippen LogP contribution in [0.3, 0.4) is 0 Å². The summed E-state index contributed by atoms with van der Waals surface area (Å²) in [6.45, 7) is 6.15. The molecule has 1 heterocycles. The van der Waals surface area contributed by atoms with E-state index in [1.54, 1.807) is 6.92 Å². The van der Waals surface area contributed by atoms with Crippen LogP contribution in [-0.4, -0.2) is 25.7 Å². The number of nitrogens with zero attached hydrogens (tertiary/aromatic N) is 1. The summed E-state index contributed by atoms with van der Waals surface area (Å²) in [4.78, 5) is 1.84. The number of halogens is 2. The van der Waals surface area contributed by atoms with Gasteiger partial charge in [0.1, 0.15) is 11.5 Å². The minimum Gasteiger partial charge on any atom is -0.365 e. The monoisotopic (exact) mass is 268 g/mol. The van der Waals surface area contributed by atoms with Crippen LogP contribution in [0.15, 0.2) is 12.1 Å². The SMILES string of the molecule is CCCNC1CCCN(c2c(F)ccc(C)c2F)C1. The zero-order valence-electron chi connectivity index (χ0n) is 11.7. The Bertz CT molecular complexity index is 434. The van der Waals surface area contributed by atoms with Gasteiger partial charge in [0.05, 0.1) is 0 Å². The van der Waals surface area contributed by atoms with E-state index in [0.717, 1.165) is 32.4 Å². The van der Waals surface area contributed by atoms with Crippen molar-refractivity contribution in [1.29, 1.82) is 0 Å². The molecule has 0 radical (unpaired) electrons. The lowest BCUT2D eigenvalue weighted by Gasteiger charge is -2.35. The van der Waals surface area contributed by atoms with Crippen molar-refractivity contribution in [3.8, 4) is 0 Å². The standard InChI is InChI=1S/C15H22F2N2/c1-3-8-18-12-5-4-9-19(10-12)15-13(16)7-6-11(2)14(15)17/h6-7,12,18H,3-5,8-10H2,1-2H3. The number of hydrogen-bond donors (Lipinski definition) is 1. The smallest absolute Gasteiger partial charge is 0.152 e. The highest BCUT2D eigenvalue weighted by atomic mass is 19.1. The van der Waals surface area contributed by atoms with E-state index in [4.69, 9.17) is 0 Å². The Hall–Kier alpha value is -1.16. The number of piperidine rings is 1. The van der Waals surface area contributed by atoms with Crippen LogP contribution >= 0.6 is 0 Å². The number of aryl methyl sites for hydroxylation is 1. The predicted octanol–water partition coefficient (Wildman–Crippen LogP) is 3.24. The normalized spacial score (nSPS) is 19.8. The maximum atomic E-state index is 14.1. The van der Waals surface area contributed by atoms with E-state index in [-0.39, 0.29) is 5.69 Å². The molecule has 0 saturated carbocycles. The Balaban J connectivity index is 2.15. The van der Waals surface area contributed by atoms with Gasteiger partial charge >= 0.3 is 0 Å². The number of benzene rings is 1. The van der Waals surface area contributed by atoms with Crippen molar-refractivity contribution in [2.24, 2.45) is 0 Å². The lowest BCUT2D eigenvalue weighted by molar-refractivity contribution is 0.416. The van der Waals surface area contributed by atoms with Crippen LogP contribution in [0.5, 0.6) is 0 Å². The molecule has 1 aliphatic heterocycles. The second kappa shape index (κ2) is 6.33. The van der Waals surface area contributed by atoms with Crippen LogP contribution in [0.25, 0.3) is 0 Å². The molecular formula is C15H22F2N2. The fourth-order valence-electron chi connectivity index (χ4n) is 2.63. The summed E-state index contributed by atoms with van der Waals surface area (Å²) in [5.74, 6) is -0.879. The average molecular weight is 268 g/mol. The number of hydrogen-bond acceptors (Lipinski definition) is 2. The number of rotatable bonds is 4. The average Bonchev–Trinajstić information content (AvgIpc) is 2.42. The topological polar surface area (TPSA) is 15.3 Å². The van der Waals surface area contributed by atoms with Gasteiger partial charge in [0.15, 0.2) is 5.82 Å². The fourth-order valence-corrected chi connectivity index (χ4v) is 2.63. The molecule has 0 amide bonds. The van der Waals surface area contributed by atoms with E-state index in [0.29, 0.717) is 18.2 Å². The van der Waals surface area contributed by atoms with Crippen molar-refractivity contribution in [3.05, 3.63) is 29.3 Å². The van der Waals surface area contributed by atoms with Gasteiger partial charge in [-0.25, -0.2) is 8.78 Å². The lowest BCUT2D eigenvalue weighted by atomic mass is 10.0. The molecule has 106 valence electrons. The third-order valence-corrected chi connectivity index (χ3v) is 3.68. The summed E-state index contributed by atoms with van der Waals surface area (Å²) in [7, 11) is 0. The highest BCUT2D eigenvalue weighted by Crippen LogP contribution is 2.28. The Kier molecular flexibility index (Phi) is 4.75. The maximum Gasteiger partial charge on any atom is 0.152 e.